The molecular formula is C18H24N3O4+. The lowest BCUT2D eigenvalue weighted by atomic mass is 10.1. The number of aromatic nitrogens is 1. The fourth-order valence-electron chi connectivity index (χ4n) is 3.26. The molecule has 1 aromatic carbocycles. The maximum absolute atomic E-state index is 12.7. The van der Waals surface area contributed by atoms with Crippen LogP contribution in [0.4, 0.5) is 0 Å². The molecule has 0 aliphatic carbocycles. The highest BCUT2D eigenvalue weighted by Crippen LogP contribution is 2.25. The van der Waals surface area contributed by atoms with Gasteiger partial charge >= 0.3 is 0 Å². The number of nitrogens with zero attached hydrogens (tertiary/aromatic N) is 1. The van der Waals surface area contributed by atoms with Crippen molar-refractivity contribution in [3.05, 3.63) is 40.2 Å². The second kappa shape index (κ2) is 7.67. The van der Waals surface area contributed by atoms with Crippen LogP contribution in [-0.2, 0) is 11.3 Å². The van der Waals surface area contributed by atoms with E-state index < -0.39 is 11.5 Å². The standard InChI is InChI=1S/C18H23N3O4/c1-2-21-14-6-4-3-5-13(14)16(22)15(18(21)24)17(23)19-7-8-20-9-11-25-12-10-20/h3-6,22H,2,7-12H2,1H3,(H,19,23)/p+1. The van der Waals surface area contributed by atoms with Crippen molar-refractivity contribution in [2.45, 2.75) is 13.5 Å². The zero-order valence-electron chi connectivity index (χ0n) is 14.4. The molecule has 1 aliphatic heterocycles. The lowest BCUT2D eigenvalue weighted by Crippen LogP contribution is -3.14. The van der Waals surface area contributed by atoms with E-state index in [9.17, 15) is 14.7 Å². The summed E-state index contributed by atoms with van der Waals surface area (Å²) in [6.07, 6.45) is 0. The maximum atomic E-state index is 12.7. The Morgan fingerprint density at radius 2 is 2.04 bits per heavy atom. The van der Waals surface area contributed by atoms with Crippen molar-refractivity contribution in [2.24, 2.45) is 0 Å². The van der Waals surface area contributed by atoms with Gasteiger partial charge in [0.15, 0.2) is 0 Å². The van der Waals surface area contributed by atoms with Gasteiger partial charge in [-0.05, 0) is 19.1 Å². The Kier molecular flexibility index (Phi) is 5.35. The molecule has 1 aliphatic rings. The van der Waals surface area contributed by atoms with Crippen LogP contribution < -0.4 is 15.8 Å². The Hall–Kier alpha value is -2.38. The van der Waals surface area contributed by atoms with Gasteiger partial charge in [0.1, 0.15) is 24.4 Å². The van der Waals surface area contributed by atoms with Crippen LogP contribution in [0.25, 0.3) is 10.9 Å². The smallest absolute Gasteiger partial charge is 0.267 e. The largest absolute Gasteiger partial charge is 0.506 e. The Labute approximate surface area is 145 Å². The van der Waals surface area contributed by atoms with E-state index in [-0.39, 0.29) is 11.3 Å². The number of hydrogen-bond donors (Lipinski definition) is 3. The summed E-state index contributed by atoms with van der Waals surface area (Å²) in [5.74, 6) is -0.773. The van der Waals surface area contributed by atoms with E-state index in [0.717, 1.165) is 32.8 Å². The first-order valence-corrected chi connectivity index (χ1v) is 8.67. The maximum Gasteiger partial charge on any atom is 0.267 e. The number of pyridine rings is 1. The quantitative estimate of drug-likeness (QED) is 0.673. The monoisotopic (exact) mass is 346 g/mol. The molecule has 7 nitrogen and oxygen atoms in total. The van der Waals surface area contributed by atoms with Crippen molar-refractivity contribution < 1.29 is 19.5 Å². The first-order valence-electron chi connectivity index (χ1n) is 8.67. The highest BCUT2D eigenvalue weighted by Gasteiger charge is 2.22. The van der Waals surface area contributed by atoms with Gasteiger partial charge in [0.25, 0.3) is 11.5 Å². The molecule has 0 unspecified atom stereocenters. The van der Waals surface area contributed by atoms with Crippen molar-refractivity contribution in [3.63, 3.8) is 0 Å². The van der Waals surface area contributed by atoms with E-state index in [1.807, 2.05) is 6.92 Å². The fourth-order valence-corrected chi connectivity index (χ4v) is 3.26. The topological polar surface area (TPSA) is 85.0 Å². The van der Waals surface area contributed by atoms with Gasteiger partial charge < -0.3 is 24.6 Å². The van der Waals surface area contributed by atoms with Crippen LogP contribution in [0.1, 0.15) is 17.3 Å². The average Bonchev–Trinajstić information content (AvgIpc) is 2.63. The normalized spacial score (nSPS) is 15.4. The summed E-state index contributed by atoms with van der Waals surface area (Å²) in [4.78, 5) is 26.5. The number of fused-ring (bicyclic) bond motifs is 1. The lowest BCUT2D eigenvalue weighted by Gasteiger charge is -2.23. The SMILES string of the molecule is CCn1c(=O)c(C(=O)NCC[NH+]2CCOCC2)c(O)c2ccccc21. The third-order valence-electron chi connectivity index (χ3n) is 4.65. The van der Waals surface area contributed by atoms with E-state index in [0.29, 0.717) is 24.0 Å². The highest BCUT2D eigenvalue weighted by atomic mass is 16.5. The summed E-state index contributed by atoms with van der Waals surface area (Å²) >= 11 is 0. The molecule has 1 fully saturated rings. The van der Waals surface area contributed by atoms with Crippen LogP contribution in [0.3, 0.4) is 0 Å². The van der Waals surface area contributed by atoms with Crippen LogP contribution >= 0.6 is 0 Å². The molecule has 0 spiro atoms. The van der Waals surface area contributed by atoms with Crippen LogP contribution in [0.2, 0.25) is 0 Å². The number of aromatic hydroxyl groups is 1. The predicted molar refractivity (Wildman–Crippen MR) is 94.3 cm³/mol. The summed E-state index contributed by atoms with van der Waals surface area (Å²) in [7, 11) is 0. The van der Waals surface area contributed by atoms with Crippen LogP contribution in [0.15, 0.2) is 29.1 Å². The number of nitrogens with one attached hydrogen (secondary N) is 2. The van der Waals surface area contributed by atoms with Gasteiger partial charge in [-0.15, -0.1) is 0 Å². The molecule has 0 saturated carbocycles. The summed E-state index contributed by atoms with van der Waals surface area (Å²) in [5, 5.41) is 13.8. The Bertz CT molecular complexity index is 825. The fraction of sp³-hybridized carbons (Fsp3) is 0.444. The number of rotatable bonds is 5. The second-order valence-electron chi connectivity index (χ2n) is 6.16. The summed E-state index contributed by atoms with van der Waals surface area (Å²) in [6.45, 7) is 6.79. The van der Waals surface area contributed by atoms with E-state index >= 15 is 0 Å². The number of amides is 1. The molecule has 1 aromatic heterocycles. The van der Waals surface area contributed by atoms with Gasteiger partial charge in [-0.3, -0.25) is 9.59 Å². The molecule has 134 valence electrons. The van der Waals surface area contributed by atoms with Crippen molar-refractivity contribution in [1.82, 2.24) is 9.88 Å². The highest BCUT2D eigenvalue weighted by molar-refractivity contribution is 6.02. The van der Waals surface area contributed by atoms with E-state index in [1.165, 1.54) is 9.47 Å². The molecule has 1 amide bonds. The van der Waals surface area contributed by atoms with Crippen molar-refractivity contribution in [2.75, 3.05) is 39.4 Å². The number of hydrogen-bond acceptors (Lipinski definition) is 4. The minimum atomic E-state index is -0.525. The number of aryl methyl sites for hydroxylation is 1. The molecule has 25 heavy (non-hydrogen) atoms. The lowest BCUT2D eigenvalue weighted by molar-refractivity contribution is -0.906. The molecule has 1 saturated heterocycles. The third-order valence-corrected chi connectivity index (χ3v) is 4.65. The van der Waals surface area contributed by atoms with Crippen molar-refractivity contribution in [3.8, 4) is 5.75 Å². The van der Waals surface area contributed by atoms with Crippen molar-refractivity contribution >= 4 is 16.8 Å². The zero-order chi connectivity index (χ0) is 17.8. The third kappa shape index (κ3) is 3.52. The van der Waals surface area contributed by atoms with Crippen LogP contribution in [-0.4, -0.2) is 55.0 Å². The molecule has 0 bridgehead atoms. The van der Waals surface area contributed by atoms with E-state index in [1.54, 1.807) is 24.3 Å². The molecule has 3 rings (SSSR count). The van der Waals surface area contributed by atoms with E-state index in [2.05, 4.69) is 5.32 Å². The van der Waals surface area contributed by atoms with Gasteiger partial charge in [-0.2, -0.15) is 0 Å². The predicted octanol–water partition coefficient (Wildman–Crippen LogP) is -0.628. The summed E-state index contributed by atoms with van der Waals surface area (Å²) in [5.41, 5.74) is -0.0192. The van der Waals surface area contributed by atoms with Crippen molar-refractivity contribution in [1.29, 1.82) is 0 Å². The molecule has 0 atom stereocenters. The van der Waals surface area contributed by atoms with Gasteiger partial charge in [0.2, 0.25) is 0 Å². The molecule has 3 N–H and O–H groups in total. The number of ether oxygens (including phenoxy) is 1. The zero-order valence-corrected chi connectivity index (χ0v) is 14.4. The van der Waals surface area contributed by atoms with Gasteiger partial charge in [-0.25, -0.2) is 0 Å². The number of morpholine rings is 1. The minimum Gasteiger partial charge on any atom is -0.506 e. The molecule has 2 aromatic rings. The van der Waals surface area contributed by atoms with Gasteiger partial charge in [0, 0.05) is 11.9 Å². The average molecular weight is 346 g/mol. The Morgan fingerprint density at radius 3 is 2.76 bits per heavy atom. The summed E-state index contributed by atoms with van der Waals surface area (Å²) < 4.78 is 6.82. The number of benzene rings is 1. The second-order valence-corrected chi connectivity index (χ2v) is 6.16. The number of quaternary nitrogens is 1. The van der Waals surface area contributed by atoms with Gasteiger partial charge in [-0.1, -0.05) is 12.1 Å². The Balaban J connectivity index is 1.82. The van der Waals surface area contributed by atoms with Crippen LogP contribution in [0, 0.1) is 0 Å². The molecule has 2 heterocycles. The Morgan fingerprint density at radius 1 is 1.32 bits per heavy atom. The van der Waals surface area contributed by atoms with Gasteiger partial charge in [0.05, 0.1) is 31.8 Å². The first kappa shape index (κ1) is 17.4. The first-order chi connectivity index (χ1) is 12.1. The molecule has 0 radical (unpaired) electrons. The summed E-state index contributed by atoms with van der Waals surface area (Å²) in [6, 6.07) is 7.06. The minimum absolute atomic E-state index is 0.183. The number of carbonyl (C=O) groups excluding carboxylic acids is 1. The van der Waals surface area contributed by atoms with E-state index in [4.69, 9.17) is 4.74 Å². The number of para-hydroxylation sites is 1. The molecule has 7 heteroatoms. The molecular weight excluding hydrogens is 322 g/mol. The number of carbonyl (C=O) groups is 1. The van der Waals surface area contributed by atoms with Crippen LogP contribution in [0.5, 0.6) is 5.75 Å².